The molecule has 1 amide bonds. The van der Waals surface area contributed by atoms with E-state index in [1.165, 1.54) is 0 Å². The van der Waals surface area contributed by atoms with E-state index in [1.807, 2.05) is 27.8 Å². The standard InChI is InChI=1S/C17H15Cl2N5O/c18-11-4-3-10-13(23-7-5-21-9-23)8-14(22-16(10)15(11)19)24-6-1-2-12(24)17(20)25/h3-5,7-9,12H,1-2,6H2,(H2,20,25). The van der Waals surface area contributed by atoms with Crippen LogP contribution in [0.5, 0.6) is 0 Å². The summed E-state index contributed by atoms with van der Waals surface area (Å²) in [5, 5.41) is 1.67. The summed E-state index contributed by atoms with van der Waals surface area (Å²) in [4.78, 5) is 22.5. The summed E-state index contributed by atoms with van der Waals surface area (Å²) in [7, 11) is 0. The first-order valence-electron chi connectivity index (χ1n) is 7.89. The van der Waals surface area contributed by atoms with E-state index in [9.17, 15) is 4.79 Å². The predicted octanol–water partition coefficient (Wildman–Crippen LogP) is 3.18. The van der Waals surface area contributed by atoms with Crippen molar-refractivity contribution in [3.05, 3.63) is 47.0 Å². The van der Waals surface area contributed by atoms with Crippen LogP contribution in [-0.2, 0) is 4.79 Å². The van der Waals surface area contributed by atoms with Crippen molar-refractivity contribution in [2.45, 2.75) is 18.9 Å². The Morgan fingerprint density at radius 2 is 2.16 bits per heavy atom. The number of benzene rings is 1. The van der Waals surface area contributed by atoms with Crippen LogP contribution >= 0.6 is 23.2 Å². The molecular weight excluding hydrogens is 361 g/mol. The molecule has 1 saturated heterocycles. The summed E-state index contributed by atoms with van der Waals surface area (Å²) in [6.45, 7) is 0.716. The molecular formula is C17H15Cl2N5O. The molecule has 4 rings (SSSR count). The summed E-state index contributed by atoms with van der Waals surface area (Å²) in [6, 6.07) is 5.19. The second kappa shape index (κ2) is 6.20. The highest BCUT2D eigenvalue weighted by Gasteiger charge is 2.30. The zero-order valence-electron chi connectivity index (χ0n) is 13.2. The molecule has 2 N–H and O–H groups in total. The molecule has 0 aliphatic carbocycles. The van der Waals surface area contributed by atoms with Gasteiger partial charge in [-0.15, -0.1) is 0 Å². The minimum atomic E-state index is -0.362. The van der Waals surface area contributed by atoms with Gasteiger partial charge in [0, 0.05) is 30.4 Å². The number of fused-ring (bicyclic) bond motifs is 1. The third-order valence-electron chi connectivity index (χ3n) is 4.50. The van der Waals surface area contributed by atoms with Gasteiger partial charge in [0.1, 0.15) is 11.9 Å². The number of primary amides is 1. The molecule has 8 heteroatoms. The Bertz CT molecular complexity index is 957. The lowest BCUT2D eigenvalue weighted by atomic mass is 10.1. The molecule has 0 bridgehead atoms. The third kappa shape index (κ3) is 2.71. The smallest absolute Gasteiger partial charge is 0.240 e. The number of anilines is 1. The Kier molecular flexibility index (Phi) is 4.01. The molecule has 6 nitrogen and oxygen atoms in total. The van der Waals surface area contributed by atoms with Gasteiger partial charge < -0.3 is 15.2 Å². The van der Waals surface area contributed by atoms with Gasteiger partial charge in [0.2, 0.25) is 5.91 Å². The van der Waals surface area contributed by atoms with E-state index in [0.717, 1.165) is 23.9 Å². The molecule has 3 heterocycles. The van der Waals surface area contributed by atoms with Gasteiger partial charge in [-0.25, -0.2) is 9.97 Å². The van der Waals surface area contributed by atoms with Crippen LogP contribution in [0.3, 0.4) is 0 Å². The third-order valence-corrected chi connectivity index (χ3v) is 5.29. The van der Waals surface area contributed by atoms with E-state index in [2.05, 4.69) is 9.97 Å². The van der Waals surface area contributed by atoms with Crippen molar-refractivity contribution in [3.63, 3.8) is 0 Å². The fourth-order valence-corrected chi connectivity index (χ4v) is 3.66. The number of carbonyl (C=O) groups excluding carboxylic acids is 1. The molecule has 1 aliphatic heterocycles. The Morgan fingerprint density at radius 3 is 2.88 bits per heavy atom. The summed E-state index contributed by atoms with van der Waals surface area (Å²) in [5.74, 6) is 0.308. The lowest BCUT2D eigenvalue weighted by molar-refractivity contribution is -0.119. The zero-order valence-corrected chi connectivity index (χ0v) is 14.7. The number of halogens is 2. The number of rotatable bonds is 3. The Hall–Kier alpha value is -2.31. The van der Waals surface area contributed by atoms with Crippen LogP contribution in [0.1, 0.15) is 12.8 Å². The second-order valence-electron chi connectivity index (χ2n) is 5.98. The van der Waals surface area contributed by atoms with E-state index in [4.69, 9.17) is 28.9 Å². The second-order valence-corrected chi connectivity index (χ2v) is 6.77. The molecule has 128 valence electrons. The van der Waals surface area contributed by atoms with E-state index >= 15 is 0 Å². The van der Waals surface area contributed by atoms with Crippen molar-refractivity contribution in [2.24, 2.45) is 5.73 Å². The highest BCUT2D eigenvalue weighted by atomic mass is 35.5. The van der Waals surface area contributed by atoms with Gasteiger partial charge in [-0.2, -0.15) is 0 Å². The number of imidazole rings is 1. The maximum Gasteiger partial charge on any atom is 0.240 e. The first-order chi connectivity index (χ1) is 12.1. The van der Waals surface area contributed by atoms with Gasteiger partial charge in [-0.1, -0.05) is 23.2 Å². The summed E-state index contributed by atoms with van der Waals surface area (Å²) in [5.41, 5.74) is 7.01. The fourth-order valence-electron chi connectivity index (χ4n) is 3.30. The van der Waals surface area contributed by atoms with Gasteiger partial charge in [-0.3, -0.25) is 4.79 Å². The Morgan fingerprint density at radius 1 is 1.32 bits per heavy atom. The number of pyridine rings is 1. The molecule has 1 atom stereocenters. The Labute approximate surface area is 154 Å². The van der Waals surface area contributed by atoms with Crippen molar-refractivity contribution >= 4 is 45.8 Å². The predicted molar refractivity (Wildman–Crippen MR) is 98.4 cm³/mol. The molecule has 2 aromatic heterocycles. The molecule has 1 unspecified atom stereocenters. The van der Waals surface area contributed by atoms with Gasteiger partial charge >= 0.3 is 0 Å². The van der Waals surface area contributed by atoms with Crippen LogP contribution in [0, 0.1) is 0 Å². The van der Waals surface area contributed by atoms with Gasteiger partial charge in [0.15, 0.2) is 0 Å². The first kappa shape index (κ1) is 16.2. The van der Waals surface area contributed by atoms with Crippen molar-refractivity contribution in [1.82, 2.24) is 14.5 Å². The molecule has 1 fully saturated rings. The Balaban J connectivity index is 1.97. The number of nitrogens with two attached hydrogens (primary N) is 1. The first-order valence-corrected chi connectivity index (χ1v) is 8.65. The van der Waals surface area contributed by atoms with Crippen LogP contribution < -0.4 is 10.6 Å². The number of amides is 1. The minimum absolute atomic E-state index is 0.347. The molecule has 1 aliphatic rings. The topological polar surface area (TPSA) is 77.0 Å². The number of carbonyl (C=O) groups is 1. The normalized spacial score (nSPS) is 17.4. The van der Waals surface area contributed by atoms with Crippen LogP contribution in [0.4, 0.5) is 5.82 Å². The lowest BCUT2D eigenvalue weighted by Gasteiger charge is -2.24. The average molecular weight is 376 g/mol. The van der Waals surface area contributed by atoms with Crippen molar-refractivity contribution in [2.75, 3.05) is 11.4 Å². The molecule has 3 aromatic rings. The molecule has 0 spiro atoms. The molecule has 0 saturated carbocycles. The maximum atomic E-state index is 11.8. The number of hydrogen-bond acceptors (Lipinski definition) is 4. The summed E-state index contributed by atoms with van der Waals surface area (Å²) < 4.78 is 1.88. The quantitative estimate of drug-likeness (QED) is 0.762. The van der Waals surface area contributed by atoms with Crippen LogP contribution in [0.25, 0.3) is 16.6 Å². The minimum Gasteiger partial charge on any atom is -0.368 e. The summed E-state index contributed by atoms with van der Waals surface area (Å²) in [6.07, 6.45) is 6.86. The van der Waals surface area contributed by atoms with Gasteiger partial charge in [0.25, 0.3) is 0 Å². The average Bonchev–Trinajstić information content (AvgIpc) is 3.28. The summed E-state index contributed by atoms with van der Waals surface area (Å²) >= 11 is 12.6. The molecule has 1 aromatic carbocycles. The van der Waals surface area contributed by atoms with Crippen LogP contribution in [-0.4, -0.2) is 33.0 Å². The van der Waals surface area contributed by atoms with Crippen molar-refractivity contribution in [3.8, 4) is 5.69 Å². The number of nitrogens with zero attached hydrogens (tertiary/aromatic N) is 4. The molecule has 25 heavy (non-hydrogen) atoms. The number of aromatic nitrogens is 3. The van der Waals surface area contributed by atoms with E-state index in [0.29, 0.717) is 27.9 Å². The number of hydrogen-bond donors (Lipinski definition) is 1. The van der Waals surface area contributed by atoms with E-state index < -0.39 is 0 Å². The van der Waals surface area contributed by atoms with E-state index in [1.54, 1.807) is 18.6 Å². The molecule has 0 radical (unpaired) electrons. The highest BCUT2D eigenvalue weighted by molar-refractivity contribution is 6.45. The SMILES string of the molecule is NC(=O)C1CCCN1c1cc(-n2ccnc2)c2ccc(Cl)c(Cl)c2n1. The monoisotopic (exact) mass is 375 g/mol. The van der Waals surface area contributed by atoms with Gasteiger partial charge in [0.05, 0.1) is 27.6 Å². The van der Waals surface area contributed by atoms with Crippen LogP contribution in [0.15, 0.2) is 36.9 Å². The van der Waals surface area contributed by atoms with Gasteiger partial charge in [-0.05, 0) is 25.0 Å². The fraction of sp³-hybridized carbons (Fsp3) is 0.235. The zero-order chi connectivity index (χ0) is 17.6. The highest BCUT2D eigenvalue weighted by Crippen LogP contribution is 2.36. The largest absolute Gasteiger partial charge is 0.368 e. The van der Waals surface area contributed by atoms with Crippen molar-refractivity contribution < 1.29 is 4.79 Å². The van der Waals surface area contributed by atoms with Crippen LogP contribution in [0.2, 0.25) is 10.0 Å². The van der Waals surface area contributed by atoms with Crippen molar-refractivity contribution in [1.29, 1.82) is 0 Å². The van der Waals surface area contributed by atoms with E-state index in [-0.39, 0.29) is 11.9 Å². The lowest BCUT2D eigenvalue weighted by Crippen LogP contribution is -2.40. The maximum absolute atomic E-state index is 11.8.